The first-order chi connectivity index (χ1) is 13.7. The summed E-state index contributed by atoms with van der Waals surface area (Å²) in [6.07, 6.45) is 0.239. The molecule has 1 unspecified atom stereocenters. The lowest BCUT2D eigenvalue weighted by molar-refractivity contribution is -0.129. The van der Waals surface area contributed by atoms with Gasteiger partial charge in [-0.25, -0.2) is 17.9 Å². The van der Waals surface area contributed by atoms with Crippen LogP contribution in [0.25, 0.3) is 0 Å². The number of halogens is 2. The first kappa shape index (κ1) is 21.6. The first-order valence-electron chi connectivity index (χ1n) is 8.65. The number of amides is 1. The topological polar surface area (TPSA) is 106 Å². The number of nitrogens with one attached hydrogen (secondary N) is 1. The van der Waals surface area contributed by atoms with Crippen molar-refractivity contribution in [1.29, 1.82) is 0 Å². The SMILES string of the molecule is Cc1cc(OC2CCN(C(=O)CNS(=O)(=O)c3c(Cl)cccc3Cl)C2)cc(=O)o1. The van der Waals surface area contributed by atoms with Gasteiger partial charge in [-0.3, -0.25) is 4.79 Å². The zero-order chi connectivity index (χ0) is 21.2. The summed E-state index contributed by atoms with van der Waals surface area (Å²) in [6.45, 7) is 1.87. The minimum Gasteiger partial charge on any atom is -0.488 e. The van der Waals surface area contributed by atoms with Gasteiger partial charge in [0.05, 0.1) is 29.2 Å². The predicted molar refractivity (Wildman–Crippen MR) is 107 cm³/mol. The van der Waals surface area contributed by atoms with Crippen LogP contribution in [0.4, 0.5) is 0 Å². The van der Waals surface area contributed by atoms with Gasteiger partial charge in [-0.2, -0.15) is 0 Å². The maximum absolute atomic E-state index is 12.4. The lowest BCUT2D eigenvalue weighted by atomic mass is 10.3. The Bertz CT molecular complexity index is 1070. The monoisotopic (exact) mass is 460 g/mol. The van der Waals surface area contributed by atoms with Crippen LogP contribution in [-0.4, -0.2) is 45.0 Å². The number of aryl methyl sites for hydroxylation is 1. The third-order valence-corrected chi connectivity index (χ3v) is 6.62. The Balaban J connectivity index is 1.58. The van der Waals surface area contributed by atoms with E-state index in [0.717, 1.165) is 0 Å². The molecule has 1 aliphatic rings. The van der Waals surface area contributed by atoms with Crippen LogP contribution in [0.3, 0.4) is 0 Å². The van der Waals surface area contributed by atoms with E-state index >= 15 is 0 Å². The van der Waals surface area contributed by atoms with Gasteiger partial charge in [-0.1, -0.05) is 29.3 Å². The Kier molecular flexibility index (Phi) is 6.52. The summed E-state index contributed by atoms with van der Waals surface area (Å²) in [5.74, 6) is 0.379. The molecule has 0 bridgehead atoms. The Hall–Kier alpha value is -2.07. The van der Waals surface area contributed by atoms with Gasteiger partial charge in [0.15, 0.2) is 0 Å². The van der Waals surface area contributed by atoms with Gasteiger partial charge < -0.3 is 14.1 Å². The third kappa shape index (κ3) is 5.30. The van der Waals surface area contributed by atoms with Gasteiger partial charge in [-0.05, 0) is 19.1 Å². The minimum absolute atomic E-state index is 0.0327. The van der Waals surface area contributed by atoms with E-state index in [0.29, 0.717) is 24.5 Å². The van der Waals surface area contributed by atoms with Crippen molar-refractivity contribution in [2.45, 2.75) is 24.3 Å². The normalized spacial score (nSPS) is 16.8. The summed E-state index contributed by atoms with van der Waals surface area (Å²) < 4.78 is 37.7. The number of nitrogens with zero attached hydrogens (tertiary/aromatic N) is 1. The maximum Gasteiger partial charge on any atom is 0.339 e. The summed E-state index contributed by atoms with van der Waals surface area (Å²) in [5, 5.41) is -0.0653. The molecule has 1 aromatic carbocycles. The van der Waals surface area contributed by atoms with E-state index in [1.807, 2.05) is 0 Å². The Morgan fingerprint density at radius 2 is 2.00 bits per heavy atom. The molecule has 1 aromatic heterocycles. The average molecular weight is 461 g/mol. The second kappa shape index (κ2) is 8.74. The van der Waals surface area contributed by atoms with E-state index in [2.05, 4.69) is 4.72 Å². The van der Waals surface area contributed by atoms with Crippen LogP contribution in [0.5, 0.6) is 5.75 Å². The Labute approximate surface area is 177 Å². The lowest BCUT2D eigenvalue weighted by Crippen LogP contribution is -2.39. The van der Waals surface area contributed by atoms with E-state index < -0.39 is 28.1 Å². The van der Waals surface area contributed by atoms with Crippen molar-refractivity contribution >= 4 is 39.1 Å². The molecule has 3 rings (SSSR count). The van der Waals surface area contributed by atoms with Crippen molar-refractivity contribution in [1.82, 2.24) is 9.62 Å². The largest absolute Gasteiger partial charge is 0.488 e. The van der Waals surface area contributed by atoms with Gasteiger partial charge in [0.25, 0.3) is 0 Å². The van der Waals surface area contributed by atoms with Crippen molar-refractivity contribution in [3.05, 3.63) is 56.6 Å². The van der Waals surface area contributed by atoms with E-state index in [4.69, 9.17) is 32.4 Å². The second-order valence-electron chi connectivity index (χ2n) is 6.47. The summed E-state index contributed by atoms with van der Waals surface area (Å²) >= 11 is 11.9. The number of carbonyl (C=O) groups excluding carboxylic acids is 1. The highest BCUT2D eigenvalue weighted by molar-refractivity contribution is 7.89. The number of sulfonamides is 1. The molecule has 8 nitrogen and oxygen atoms in total. The van der Waals surface area contributed by atoms with E-state index in [1.54, 1.807) is 13.0 Å². The molecule has 1 fully saturated rings. The van der Waals surface area contributed by atoms with E-state index in [9.17, 15) is 18.0 Å². The molecular formula is C18H18Cl2N2O6S. The van der Waals surface area contributed by atoms with Crippen molar-refractivity contribution in [3.8, 4) is 5.75 Å². The number of benzene rings is 1. The molecule has 29 heavy (non-hydrogen) atoms. The van der Waals surface area contributed by atoms with Crippen LogP contribution in [0, 0.1) is 6.92 Å². The highest BCUT2D eigenvalue weighted by Crippen LogP contribution is 2.28. The fourth-order valence-corrected chi connectivity index (χ4v) is 5.08. The summed E-state index contributed by atoms with van der Waals surface area (Å²) in [6, 6.07) is 7.15. The van der Waals surface area contributed by atoms with Crippen LogP contribution in [0.2, 0.25) is 10.0 Å². The first-order valence-corrected chi connectivity index (χ1v) is 10.9. The number of hydrogen-bond donors (Lipinski definition) is 1. The molecule has 2 heterocycles. The van der Waals surface area contributed by atoms with Crippen LogP contribution >= 0.6 is 23.2 Å². The average Bonchev–Trinajstić information content (AvgIpc) is 3.07. The molecule has 0 aliphatic carbocycles. The molecule has 1 atom stereocenters. The number of carbonyl (C=O) groups is 1. The lowest BCUT2D eigenvalue weighted by Gasteiger charge is -2.18. The molecule has 11 heteroatoms. The van der Waals surface area contributed by atoms with Crippen LogP contribution in [0.15, 0.2) is 44.4 Å². The number of likely N-dealkylation sites (tertiary alicyclic amines) is 1. The Morgan fingerprint density at radius 1 is 1.31 bits per heavy atom. The molecule has 1 amide bonds. The fourth-order valence-electron chi connectivity index (χ4n) is 2.97. The smallest absolute Gasteiger partial charge is 0.339 e. The van der Waals surface area contributed by atoms with Crippen LogP contribution < -0.4 is 15.1 Å². The molecule has 0 spiro atoms. The summed E-state index contributed by atoms with van der Waals surface area (Å²) in [4.78, 5) is 25.0. The third-order valence-electron chi connectivity index (χ3n) is 4.27. The molecule has 0 saturated carbocycles. The standard InChI is InChI=1S/C18H18Cl2N2O6S/c1-11-7-13(8-17(24)27-11)28-12-5-6-22(10-12)16(23)9-21-29(25,26)18-14(19)3-2-4-15(18)20/h2-4,7-8,12,21H,5-6,9-10H2,1H3. The molecule has 1 aliphatic heterocycles. The van der Waals surface area contributed by atoms with Crippen molar-refractivity contribution in [3.63, 3.8) is 0 Å². The number of hydrogen-bond acceptors (Lipinski definition) is 6. The summed E-state index contributed by atoms with van der Waals surface area (Å²) in [7, 11) is -4.06. The van der Waals surface area contributed by atoms with Crippen molar-refractivity contribution in [2.75, 3.05) is 19.6 Å². The van der Waals surface area contributed by atoms with Crippen LogP contribution in [0.1, 0.15) is 12.2 Å². The molecule has 1 saturated heterocycles. The van der Waals surface area contributed by atoms with Crippen molar-refractivity contribution < 1.29 is 22.4 Å². The molecule has 1 N–H and O–H groups in total. The highest BCUT2D eigenvalue weighted by Gasteiger charge is 2.29. The van der Waals surface area contributed by atoms with E-state index in [1.165, 1.54) is 29.2 Å². The number of rotatable bonds is 6. The second-order valence-corrected chi connectivity index (χ2v) is 8.98. The van der Waals surface area contributed by atoms with Gasteiger partial charge in [0.1, 0.15) is 22.5 Å². The van der Waals surface area contributed by atoms with Gasteiger partial charge in [0.2, 0.25) is 15.9 Å². The van der Waals surface area contributed by atoms with Crippen LogP contribution in [-0.2, 0) is 14.8 Å². The minimum atomic E-state index is -4.06. The highest BCUT2D eigenvalue weighted by atomic mass is 35.5. The molecule has 2 aromatic rings. The maximum atomic E-state index is 12.4. The molecular weight excluding hydrogens is 443 g/mol. The van der Waals surface area contributed by atoms with Gasteiger partial charge >= 0.3 is 5.63 Å². The molecule has 0 radical (unpaired) electrons. The molecule has 156 valence electrons. The summed E-state index contributed by atoms with van der Waals surface area (Å²) in [5.41, 5.74) is -0.515. The van der Waals surface area contributed by atoms with Crippen molar-refractivity contribution in [2.24, 2.45) is 0 Å². The fraction of sp³-hybridized carbons (Fsp3) is 0.333. The zero-order valence-corrected chi connectivity index (χ0v) is 17.7. The van der Waals surface area contributed by atoms with Gasteiger partial charge in [-0.15, -0.1) is 0 Å². The number of ether oxygens (including phenoxy) is 1. The Morgan fingerprint density at radius 3 is 2.66 bits per heavy atom. The van der Waals surface area contributed by atoms with E-state index in [-0.39, 0.29) is 27.6 Å². The zero-order valence-electron chi connectivity index (χ0n) is 15.4. The van der Waals surface area contributed by atoms with Gasteiger partial charge in [0, 0.05) is 19.0 Å². The predicted octanol–water partition coefficient (Wildman–Crippen LogP) is 2.21. The quantitative estimate of drug-likeness (QED) is 0.707.